The third kappa shape index (κ3) is 5.07. The first-order valence-electron chi connectivity index (χ1n) is 8.13. The number of rotatable bonds is 6. The van der Waals surface area contributed by atoms with Crippen LogP contribution in [-0.2, 0) is 24.3 Å². The number of carbonyl (C=O) groups is 2. The van der Waals surface area contributed by atoms with Crippen LogP contribution in [0.3, 0.4) is 0 Å². The maximum absolute atomic E-state index is 12.7. The number of methoxy groups -OCH3 is 1. The zero-order valence-electron chi connectivity index (χ0n) is 15.5. The Labute approximate surface area is 158 Å². The molecule has 2 aromatic carbocycles. The average Bonchev–Trinajstić information content (AvgIpc) is 2.63. The lowest BCUT2D eigenvalue weighted by molar-refractivity contribution is -0.149. The molecular weight excluding hydrogens is 370 g/mol. The van der Waals surface area contributed by atoms with Crippen molar-refractivity contribution >= 4 is 27.6 Å². The van der Waals surface area contributed by atoms with Crippen LogP contribution in [0.25, 0.3) is 0 Å². The molecule has 27 heavy (non-hydrogen) atoms. The van der Waals surface area contributed by atoms with Gasteiger partial charge in [0.05, 0.1) is 23.3 Å². The molecule has 0 aliphatic heterocycles. The molecular formula is C19H21NO6S. The first kappa shape index (κ1) is 20.4. The second-order valence-electron chi connectivity index (χ2n) is 6.02. The molecule has 1 atom stereocenters. The fraction of sp³-hybridized carbons (Fsp3) is 0.263. The summed E-state index contributed by atoms with van der Waals surface area (Å²) < 4.78 is 37.3. The summed E-state index contributed by atoms with van der Waals surface area (Å²) in [5.41, 5.74) is 2.25. The van der Waals surface area contributed by atoms with Gasteiger partial charge in [-0.25, -0.2) is 18.0 Å². The Morgan fingerprint density at radius 1 is 1.07 bits per heavy atom. The highest BCUT2D eigenvalue weighted by Gasteiger charge is 2.21. The van der Waals surface area contributed by atoms with Gasteiger partial charge in [0.15, 0.2) is 6.10 Å². The molecule has 144 valence electrons. The Kier molecular flexibility index (Phi) is 6.22. The summed E-state index contributed by atoms with van der Waals surface area (Å²) >= 11 is 0. The molecule has 0 unspecified atom stereocenters. The van der Waals surface area contributed by atoms with Gasteiger partial charge in [-0.3, -0.25) is 4.72 Å². The van der Waals surface area contributed by atoms with Gasteiger partial charge < -0.3 is 9.47 Å². The molecule has 0 bridgehead atoms. The number of benzene rings is 2. The number of esters is 2. The lowest BCUT2D eigenvalue weighted by atomic mass is 10.1. The molecule has 0 saturated heterocycles. The largest absolute Gasteiger partial charge is 0.466 e. The van der Waals surface area contributed by atoms with Crippen LogP contribution in [-0.4, -0.2) is 33.6 Å². The number of sulfonamides is 1. The summed E-state index contributed by atoms with van der Waals surface area (Å²) in [4.78, 5) is 23.4. The smallest absolute Gasteiger partial charge is 0.346 e. The van der Waals surface area contributed by atoms with Gasteiger partial charge in [0, 0.05) is 0 Å². The van der Waals surface area contributed by atoms with E-state index in [0.717, 1.165) is 11.1 Å². The van der Waals surface area contributed by atoms with Crippen LogP contribution in [0.1, 0.15) is 28.4 Å². The molecule has 0 spiro atoms. The van der Waals surface area contributed by atoms with Crippen LogP contribution < -0.4 is 4.72 Å². The normalized spacial score (nSPS) is 12.1. The van der Waals surface area contributed by atoms with Crippen molar-refractivity contribution in [2.75, 3.05) is 11.8 Å². The summed E-state index contributed by atoms with van der Waals surface area (Å²) in [6.45, 7) is 5.08. The highest BCUT2D eigenvalue weighted by atomic mass is 32.2. The van der Waals surface area contributed by atoms with Crippen molar-refractivity contribution in [3.8, 4) is 0 Å². The molecule has 0 aromatic heterocycles. The molecule has 8 heteroatoms. The van der Waals surface area contributed by atoms with Crippen LogP contribution in [0.4, 0.5) is 5.69 Å². The lowest BCUT2D eigenvalue weighted by Gasteiger charge is -2.13. The van der Waals surface area contributed by atoms with Crippen molar-refractivity contribution < 1.29 is 27.5 Å². The Morgan fingerprint density at radius 2 is 1.78 bits per heavy atom. The molecule has 0 aliphatic rings. The first-order valence-corrected chi connectivity index (χ1v) is 9.61. The molecule has 7 nitrogen and oxygen atoms in total. The van der Waals surface area contributed by atoms with E-state index >= 15 is 0 Å². The maximum atomic E-state index is 12.7. The predicted molar refractivity (Wildman–Crippen MR) is 100 cm³/mol. The Morgan fingerprint density at radius 3 is 2.41 bits per heavy atom. The van der Waals surface area contributed by atoms with Gasteiger partial charge in [-0.05, 0) is 50.6 Å². The second kappa shape index (κ2) is 8.22. The Bertz CT molecular complexity index is 968. The zero-order chi connectivity index (χ0) is 20.2. The number of nitrogens with one attached hydrogen (secondary N) is 1. The van der Waals surface area contributed by atoms with Crippen LogP contribution in [0, 0.1) is 13.8 Å². The zero-order valence-corrected chi connectivity index (χ0v) is 16.3. The van der Waals surface area contributed by atoms with E-state index in [0.29, 0.717) is 5.69 Å². The Balaban J connectivity index is 2.25. The summed E-state index contributed by atoms with van der Waals surface area (Å²) in [5.74, 6) is -1.53. The van der Waals surface area contributed by atoms with Gasteiger partial charge in [0.1, 0.15) is 0 Å². The summed E-state index contributed by atoms with van der Waals surface area (Å²) in [6, 6.07) is 10.7. The van der Waals surface area contributed by atoms with Gasteiger partial charge in [-0.1, -0.05) is 23.8 Å². The van der Waals surface area contributed by atoms with E-state index in [1.807, 2.05) is 13.0 Å². The molecule has 0 radical (unpaired) electrons. The van der Waals surface area contributed by atoms with Crippen LogP contribution in [0.15, 0.2) is 47.4 Å². The minimum absolute atomic E-state index is 0.00857. The van der Waals surface area contributed by atoms with E-state index in [1.54, 1.807) is 19.1 Å². The lowest BCUT2D eigenvalue weighted by Crippen LogP contribution is -2.25. The molecule has 0 aliphatic carbocycles. The number of hydrogen-bond acceptors (Lipinski definition) is 6. The van der Waals surface area contributed by atoms with Gasteiger partial charge in [-0.15, -0.1) is 0 Å². The van der Waals surface area contributed by atoms with Crippen LogP contribution in [0.5, 0.6) is 0 Å². The van der Waals surface area contributed by atoms with E-state index in [9.17, 15) is 18.0 Å². The Hall–Kier alpha value is -2.87. The average molecular weight is 391 g/mol. The quantitative estimate of drug-likeness (QED) is 0.760. The van der Waals surface area contributed by atoms with E-state index < -0.39 is 28.1 Å². The summed E-state index contributed by atoms with van der Waals surface area (Å²) in [5, 5.41) is 0. The molecule has 2 aromatic rings. The highest BCUT2D eigenvalue weighted by Crippen LogP contribution is 2.21. The van der Waals surface area contributed by atoms with Gasteiger partial charge in [0.25, 0.3) is 10.0 Å². The number of ether oxygens (including phenoxy) is 2. The number of aryl methyl sites for hydroxylation is 2. The van der Waals surface area contributed by atoms with E-state index in [1.165, 1.54) is 38.3 Å². The molecule has 0 fully saturated rings. The minimum atomic E-state index is -3.90. The maximum Gasteiger partial charge on any atom is 0.346 e. The molecule has 0 heterocycles. The number of hydrogen-bond donors (Lipinski definition) is 1. The molecule has 1 N–H and O–H groups in total. The minimum Gasteiger partial charge on any atom is -0.466 e. The van der Waals surface area contributed by atoms with E-state index in [4.69, 9.17) is 4.74 Å². The second-order valence-corrected chi connectivity index (χ2v) is 7.70. The van der Waals surface area contributed by atoms with E-state index in [-0.39, 0.29) is 10.5 Å². The summed E-state index contributed by atoms with van der Waals surface area (Å²) in [6.07, 6.45) is -1.10. The van der Waals surface area contributed by atoms with Crippen molar-refractivity contribution in [3.63, 3.8) is 0 Å². The third-order valence-corrected chi connectivity index (χ3v) is 5.19. The van der Waals surface area contributed by atoms with Gasteiger partial charge >= 0.3 is 11.9 Å². The van der Waals surface area contributed by atoms with Gasteiger partial charge in [0.2, 0.25) is 0 Å². The number of anilines is 1. The van der Waals surface area contributed by atoms with Crippen molar-refractivity contribution in [3.05, 3.63) is 59.2 Å². The van der Waals surface area contributed by atoms with Crippen molar-refractivity contribution in [2.45, 2.75) is 31.8 Å². The van der Waals surface area contributed by atoms with Crippen molar-refractivity contribution in [1.82, 2.24) is 0 Å². The van der Waals surface area contributed by atoms with Crippen molar-refractivity contribution in [2.24, 2.45) is 0 Å². The SMILES string of the molecule is COC(=O)[C@H](C)OC(=O)c1cccc(S(=O)(=O)Nc2ccc(C)cc2C)c1. The van der Waals surface area contributed by atoms with Crippen LogP contribution >= 0.6 is 0 Å². The standard InChI is InChI=1S/C19H21NO6S/c1-12-8-9-17(13(2)10-12)20-27(23,24)16-7-5-6-15(11-16)19(22)26-14(3)18(21)25-4/h5-11,14,20H,1-4H3/t14-/m0/s1. The molecule has 2 rings (SSSR count). The topological polar surface area (TPSA) is 98.8 Å². The van der Waals surface area contributed by atoms with E-state index in [2.05, 4.69) is 9.46 Å². The third-order valence-electron chi connectivity index (χ3n) is 3.82. The summed E-state index contributed by atoms with van der Waals surface area (Å²) in [7, 11) is -2.72. The molecule has 0 amide bonds. The molecule has 0 saturated carbocycles. The predicted octanol–water partition coefficient (Wildman–Crippen LogP) is 2.82. The fourth-order valence-corrected chi connectivity index (χ4v) is 3.54. The van der Waals surface area contributed by atoms with Crippen LogP contribution in [0.2, 0.25) is 0 Å². The first-order chi connectivity index (χ1) is 12.6. The fourth-order valence-electron chi connectivity index (χ4n) is 2.36. The monoisotopic (exact) mass is 391 g/mol. The van der Waals surface area contributed by atoms with Crippen molar-refractivity contribution in [1.29, 1.82) is 0 Å². The number of carbonyl (C=O) groups excluding carboxylic acids is 2. The van der Waals surface area contributed by atoms with Gasteiger partial charge in [-0.2, -0.15) is 0 Å². The highest BCUT2D eigenvalue weighted by molar-refractivity contribution is 7.92.